The van der Waals surface area contributed by atoms with Gasteiger partial charge < -0.3 is 0 Å². The van der Waals surface area contributed by atoms with E-state index >= 15 is 0 Å². The summed E-state index contributed by atoms with van der Waals surface area (Å²) in [5, 5.41) is 0. The van der Waals surface area contributed by atoms with E-state index in [0.717, 1.165) is 16.7 Å². The van der Waals surface area contributed by atoms with Gasteiger partial charge in [0.15, 0.2) is 0 Å². The average molecular weight is 252 g/mol. The third-order valence-corrected chi connectivity index (χ3v) is 3.07. The van der Waals surface area contributed by atoms with Crippen molar-refractivity contribution >= 4 is 12.2 Å². The van der Waals surface area contributed by atoms with Crippen LogP contribution in [0.15, 0.2) is 69.2 Å². The van der Waals surface area contributed by atoms with Gasteiger partial charge in [-0.2, -0.15) is 9.98 Å². The molecule has 2 aliphatic carbocycles. The Morgan fingerprint density at radius 3 is 2.47 bits per heavy atom. The van der Waals surface area contributed by atoms with E-state index in [2.05, 4.69) is 9.98 Å². The average Bonchev–Trinajstić information content (AvgIpc) is 2.40. The lowest BCUT2D eigenvalue weighted by molar-refractivity contribution is 0.539. The van der Waals surface area contributed by atoms with Gasteiger partial charge in [0.05, 0.1) is 0 Å². The van der Waals surface area contributed by atoms with Crippen LogP contribution in [0.3, 0.4) is 0 Å². The minimum Gasteiger partial charge on any atom is -0.211 e. The molecule has 19 heavy (non-hydrogen) atoms. The van der Waals surface area contributed by atoms with Crippen molar-refractivity contribution in [1.29, 1.82) is 0 Å². The molecular formula is C15H12N2O2. The van der Waals surface area contributed by atoms with E-state index < -0.39 is 5.66 Å². The molecule has 0 fully saturated rings. The molecule has 0 saturated heterocycles. The Kier molecular flexibility index (Phi) is 3.67. The minimum atomic E-state index is -1.33. The highest BCUT2D eigenvalue weighted by Crippen LogP contribution is 2.37. The second kappa shape index (κ2) is 5.40. The van der Waals surface area contributed by atoms with Crippen LogP contribution in [-0.2, 0) is 9.59 Å². The molecule has 0 saturated carbocycles. The fraction of sp³-hybridized carbons (Fsp3) is 0.200. The van der Waals surface area contributed by atoms with Crippen molar-refractivity contribution < 1.29 is 9.59 Å². The lowest BCUT2D eigenvalue weighted by Crippen LogP contribution is -2.28. The van der Waals surface area contributed by atoms with Gasteiger partial charge in [-0.05, 0) is 30.6 Å². The molecule has 0 amide bonds. The predicted molar refractivity (Wildman–Crippen MR) is 71.8 cm³/mol. The molecule has 0 aromatic rings. The largest absolute Gasteiger partial charge is 0.238 e. The Hall–Kier alpha value is -2.54. The summed E-state index contributed by atoms with van der Waals surface area (Å²) in [6, 6.07) is 0. The first-order chi connectivity index (χ1) is 9.23. The summed E-state index contributed by atoms with van der Waals surface area (Å²) in [5.74, 6) is 0. The van der Waals surface area contributed by atoms with Gasteiger partial charge in [-0.25, -0.2) is 9.59 Å². The van der Waals surface area contributed by atoms with Gasteiger partial charge in [-0.1, -0.05) is 36.5 Å². The van der Waals surface area contributed by atoms with Crippen LogP contribution in [0.5, 0.6) is 0 Å². The zero-order valence-corrected chi connectivity index (χ0v) is 10.5. The van der Waals surface area contributed by atoms with E-state index in [1.54, 1.807) is 12.2 Å². The molecule has 0 aromatic carbocycles. The molecule has 0 atom stereocenters. The zero-order valence-electron chi connectivity index (χ0n) is 10.5. The van der Waals surface area contributed by atoms with E-state index in [4.69, 9.17) is 0 Å². The maximum Gasteiger partial charge on any atom is 0.238 e. The molecule has 0 N–H and O–H groups in total. The second-order valence-corrected chi connectivity index (χ2v) is 4.23. The van der Waals surface area contributed by atoms with E-state index in [0.29, 0.717) is 6.42 Å². The summed E-state index contributed by atoms with van der Waals surface area (Å²) in [7, 11) is 0. The number of hydrogen-bond acceptors (Lipinski definition) is 4. The van der Waals surface area contributed by atoms with E-state index in [1.165, 1.54) is 12.2 Å². The Bertz CT molecular complexity index is 617. The highest BCUT2D eigenvalue weighted by molar-refractivity contribution is 5.59. The summed E-state index contributed by atoms with van der Waals surface area (Å²) < 4.78 is 0. The summed E-state index contributed by atoms with van der Waals surface area (Å²) in [6.07, 6.45) is 16.7. The van der Waals surface area contributed by atoms with Gasteiger partial charge in [0.2, 0.25) is 17.8 Å². The lowest BCUT2D eigenvalue weighted by Gasteiger charge is -2.28. The summed E-state index contributed by atoms with van der Waals surface area (Å²) in [4.78, 5) is 28.9. The van der Waals surface area contributed by atoms with Crippen LogP contribution in [0.4, 0.5) is 0 Å². The zero-order chi connectivity index (χ0) is 13.7. The van der Waals surface area contributed by atoms with Crippen molar-refractivity contribution in [1.82, 2.24) is 0 Å². The predicted octanol–water partition coefficient (Wildman–Crippen LogP) is 2.68. The highest BCUT2D eigenvalue weighted by Gasteiger charge is 2.35. The third kappa shape index (κ3) is 2.36. The highest BCUT2D eigenvalue weighted by atomic mass is 16.1. The fourth-order valence-electron chi connectivity index (χ4n) is 2.32. The number of allylic oxidation sites excluding steroid dienone is 7. The summed E-state index contributed by atoms with van der Waals surface area (Å²) >= 11 is 0. The van der Waals surface area contributed by atoms with Crippen molar-refractivity contribution in [2.24, 2.45) is 9.98 Å². The molecule has 94 valence electrons. The first-order valence-electron chi connectivity index (χ1n) is 5.85. The monoisotopic (exact) mass is 252 g/mol. The van der Waals surface area contributed by atoms with Crippen LogP contribution in [-0.4, -0.2) is 17.8 Å². The van der Waals surface area contributed by atoms with Crippen molar-refractivity contribution in [2.75, 3.05) is 0 Å². The van der Waals surface area contributed by atoms with Gasteiger partial charge in [0.1, 0.15) is 0 Å². The van der Waals surface area contributed by atoms with Crippen LogP contribution < -0.4 is 0 Å². The van der Waals surface area contributed by atoms with Gasteiger partial charge in [0, 0.05) is 5.57 Å². The number of aliphatic imine (C=N–C) groups is 2. The molecule has 0 heterocycles. The maximum atomic E-state index is 10.7. The lowest BCUT2D eigenvalue weighted by atomic mass is 9.83. The van der Waals surface area contributed by atoms with Crippen LogP contribution >= 0.6 is 0 Å². The topological polar surface area (TPSA) is 58.9 Å². The maximum absolute atomic E-state index is 10.7. The van der Waals surface area contributed by atoms with Crippen LogP contribution in [0.1, 0.15) is 13.3 Å². The summed E-state index contributed by atoms with van der Waals surface area (Å²) in [5.41, 5.74) is 1.30. The van der Waals surface area contributed by atoms with Crippen molar-refractivity contribution in [2.45, 2.75) is 19.0 Å². The normalized spacial score (nSPS) is 28.4. The number of rotatable bonds is 2. The Labute approximate surface area is 111 Å². The van der Waals surface area contributed by atoms with Crippen molar-refractivity contribution in [3.63, 3.8) is 0 Å². The van der Waals surface area contributed by atoms with E-state index in [-0.39, 0.29) is 0 Å². The Morgan fingerprint density at radius 2 is 1.89 bits per heavy atom. The number of carbonyl (C=O) groups excluding carboxylic acids is 2. The Balaban J connectivity index is 2.71. The molecule has 0 unspecified atom stereocenters. The molecular weight excluding hydrogens is 240 g/mol. The molecule has 0 aliphatic heterocycles. The van der Waals surface area contributed by atoms with Gasteiger partial charge in [-0.15, -0.1) is 0 Å². The second-order valence-electron chi connectivity index (χ2n) is 4.23. The Morgan fingerprint density at radius 1 is 1.16 bits per heavy atom. The van der Waals surface area contributed by atoms with E-state index in [9.17, 15) is 9.59 Å². The molecule has 2 rings (SSSR count). The van der Waals surface area contributed by atoms with Crippen molar-refractivity contribution in [3.05, 3.63) is 59.3 Å². The number of nitrogens with zero attached hydrogens (tertiary/aromatic N) is 2. The minimum absolute atomic E-state index is 0.704. The molecule has 0 radical (unpaired) electrons. The van der Waals surface area contributed by atoms with Crippen LogP contribution in [0, 0.1) is 0 Å². The van der Waals surface area contributed by atoms with Gasteiger partial charge in [0.25, 0.3) is 0 Å². The summed E-state index contributed by atoms with van der Waals surface area (Å²) in [6.45, 7) is 1.90. The third-order valence-electron chi connectivity index (χ3n) is 3.07. The van der Waals surface area contributed by atoms with Crippen LogP contribution in [0.25, 0.3) is 0 Å². The van der Waals surface area contributed by atoms with Gasteiger partial charge >= 0.3 is 0 Å². The quantitative estimate of drug-likeness (QED) is 0.560. The fourth-order valence-corrected chi connectivity index (χ4v) is 2.32. The first kappa shape index (κ1) is 12.9. The van der Waals surface area contributed by atoms with Gasteiger partial charge in [-0.3, -0.25) is 0 Å². The molecule has 4 heteroatoms. The smallest absolute Gasteiger partial charge is 0.211 e. The number of hydrogen-bond donors (Lipinski definition) is 0. The SMILES string of the molecule is CC1=CC=CC(N=C=O)(N=C=O)C1=C1C=CC=CC1. The van der Waals surface area contributed by atoms with Crippen LogP contribution in [0.2, 0.25) is 0 Å². The van der Waals surface area contributed by atoms with Crippen molar-refractivity contribution in [3.8, 4) is 0 Å². The molecule has 0 bridgehead atoms. The molecule has 0 spiro atoms. The molecule has 2 aliphatic rings. The first-order valence-corrected chi connectivity index (χ1v) is 5.85. The number of isocyanates is 2. The molecule has 0 aromatic heterocycles. The molecule has 4 nitrogen and oxygen atoms in total. The van der Waals surface area contributed by atoms with E-state index in [1.807, 2.05) is 37.3 Å². The standard InChI is InChI=1S/C15H12N2O2/c1-12-6-5-9-15(16-10-18,17-11-19)14(12)13-7-3-2-4-8-13/h2-7,9H,8H2,1H3.